The van der Waals surface area contributed by atoms with Crippen molar-refractivity contribution < 1.29 is 14.3 Å². The first-order valence-electron chi connectivity index (χ1n) is 11.0. The monoisotopic (exact) mass is 405 g/mol. The molecule has 1 amide bonds. The molecule has 4 nitrogen and oxygen atoms in total. The van der Waals surface area contributed by atoms with Crippen LogP contribution in [-0.2, 0) is 4.79 Å². The molecule has 158 valence electrons. The van der Waals surface area contributed by atoms with Gasteiger partial charge in [0.2, 0.25) is 5.91 Å². The number of methoxy groups -OCH3 is 1. The van der Waals surface area contributed by atoms with Crippen molar-refractivity contribution in [1.29, 1.82) is 0 Å². The Hall–Kier alpha value is -2.75. The SMILES string of the molecule is COc1cc(/C=C/C(=O)Nc2ccccc2C)ccc1OCC1CC2CCC1CC2. The fourth-order valence-electron chi connectivity index (χ4n) is 4.88. The van der Waals surface area contributed by atoms with Gasteiger partial charge in [0, 0.05) is 11.8 Å². The first-order valence-corrected chi connectivity index (χ1v) is 11.0. The second-order valence-electron chi connectivity index (χ2n) is 8.64. The smallest absolute Gasteiger partial charge is 0.248 e. The number of nitrogens with one attached hydrogen (secondary N) is 1. The Morgan fingerprint density at radius 1 is 1.10 bits per heavy atom. The third kappa shape index (κ3) is 4.86. The number of aryl methyl sites for hydroxylation is 1. The van der Waals surface area contributed by atoms with Gasteiger partial charge in [0.05, 0.1) is 13.7 Å². The molecule has 3 aliphatic rings. The average Bonchev–Trinajstić information content (AvgIpc) is 2.79. The Kier molecular flexibility index (Phi) is 6.41. The van der Waals surface area contributed by atoms with Crippen molar-refractivity contribution in [1.82, 2.24) is 0 Å². The number of carbonyl (C=O) groups is 1. The number of para-hydroxylation sites is 1. The Balaban J connectivity index is 1.36. The minimum absolute atomic E-state index is 0.157. The van der Waals surface area contributed by atoms with Crippen LogP contribution in [0.3, 0.4) is 0 Å². The van der Waals surface area contributed by atoms with E-state index in [1.54, 1.807) is 19.3 Å². The minimum atomic E-state index is -0.157. The van der Waals surface area contributed by atoms with E-state index in [4.69, 9.17) is 9.47 Å². The molecular weight excluding hydrogens is 374 g/mol. The highest BCUT2D eigenvalue weighted by Gasteiger charge is 2.35. The van der Waals surface area contributed by atoms with Gasteiger partial charge in [-0.15, -0.1) is 0 Å². The number of ether oxygens (including phenoxy) is 2. The second-order valence-corrected chi connectivity index (χ2v) is 8.64. The van der Waals surface area contributed by atoms with E-state index < -0.39 is 0 Å². The second kappa shape index (κ2) is 9.38. The quantitative estimate of drug-likeness (QED) is 0.587. The first kappa shape index (κ1) is 20.5. The average molecular weight is 406 g/mol. The molecule has 0 aliphatic heterocycles. The zero-order chi connectivity index (χ0) is 20.9. The van der Waals surface area contributed by atoms with Gasteiger partial charge in [-0.3, -0.25) is 4.79 Å². The van der Waals surface area contributed by atoms with Crippen molar-refractivity contribution in [2.24, 2.45) is 17.8 Å². The highest BCUT2D eigenvalue weighted by molar-refractivity contribution is 6.02. The van der Waals surface area contributed by atoms with Crippen LogP contribution >= 0.6 is 0 Å². The summed E-state index contributed by atoms with van der Waals surface area (Å²) in [5, 5.41) is 2.91. The molecule has 0 saturated heterocycles. The van der Waals surface area contributed by atoms with Crippen molar-refractivity contribution in [3.8, 4) is 11.5 Å². The topological polar surface area (TPSA) is 47.6 Å². The van der Waals surface area contributed by atoms with Crippen LogP contribution in [0, 0.1) is 24.7 Å². The summed E-state index contributed by atoms with van der Waals surface area (Å²) in [5.74, 6) is 3.74. The van der Waals surface area contributed by atoms with Crippen molar-refractivity contribution in [3.63, 3.8) is 0 Å². The number of hydrogen-bond donors (Lipinski definition) is 1. The molecule has 3 aliphatic carbocycles. The summed E-state index contributed by atoms with van der Waals surface area (Å²) in [5.41, 5.74) is 2.76. The Morgan fingerprint density at radius 3 is 2.60 bits per heavy atom. The molecule has 3 fully saturated rings. The standard InChI is InChI=1S/C26H31NO3/c1-18-5-3-4-6-23(18)27-26(28)14-10-20-9-13-24(25(16-20)29-2)30-17-22-15-19-7-11-21(22)12-8-19/h3-6,9-10,13-14,16,19,21-22H,7-8,11-12,15,17H2,1-2H3,(H,27,28)/b14-10+. The molecule has 1 atom stereocenters. The van der Waals surface area contributed by atoms with Crippen LogP contribution in [-0.4, -0.2) is 19.6 Å². The maximum atomic E-state index is 12.2. The summed E-state index contributed by atoms with van der Waals surface area (Å²) in [6.45, 7) is 2.74. The lowest BCUT2D eigenvalue weighted by molar-refractivity contribution is -0.111. The number of amides is 1. The molecule has 30 heavy (non-hydrogen) atoms. The summed E-state index contributed by atoms with van der Waals surface area (Å²) in [6, 6.07) is 13.6. The van der Waals surface area contributed by atoms with Crippen LogP contribution in [0.5, 0.6) is 11.5 Å². The molecule has 4 heteroatoms. The largest absolute Gasteiger partial charge is 0.493 e. The van der Waals surface area contributed by atoms with E-state index in [1.165, 1.54) is 32.1 Å². The molecule has 2 aromatic carbocycles. The zero-order valence-electron chi connectivity index (χ0n) is 17.9. The molecule has 2 bridgehead atoms. The molecule has 5 rings (SSSR count). The van der Waals surface area contributed by atoms with E-state index in [-0.39, 0.29) is 5.91 Å². The lowest BCUT2D eigenvalue weighted by Gasteiger charge is -2.42. The van der Waals surface area contributed by atoms with Crippen LogP contribution in [0.1, 0.15) is 43.2 Å². The van der Waals surface area contributed by atoms with Gasteiger partial charge >= 0.3 is 0 Å². The highest BCUT2D eigenvalue weighted by Crippen LogP contribution is 2.45. The molecule has 1 N–H and O–H groups in total. The third-order valence-corrected chi connectivity index (χ3v) is 6.66. The normalized spacial score (nSPS) is 22.8. The number of fused-ring (bicyclic) bond motifs is 3. The van der Waals surface area contributed by atoms with E-state index in [0.29, 0.717) is 11.7 Å². The third-order valence-electron chi connectivity index (χ3n) is 6.66. The van der Waals surface area contributed by atoms with Crippen LogP contribution in [0.4, 0.5) is 5.69 Å². The number of carbonyl (C=O) groups excluding carboxylic acids is 1. The van der Waals surface area contributed by atoms with Gasteiger partial charge in [-0.05, 0) is 79.3 Å². The molecule has 0 radical (unpaired) electrons. The van der Waals surface area contributed by atoms with E-state index in [2.05, 4.69) is 5.32 Å². The van der Waals surface area contributed by atoms with Crippen molar-refractivity contribution in [2.45, 2.75) is 39.0 Å². The maximum absolute atomic E-state index is 12.2. The molecule has 1 unspecified atom stereocenters. The summed E-state index contributed by atoms with van der Waals surface area (Å²) in [4.78, 5) is 12.2. The zero-order valence-corrected chi connectivity index (χ0v) is 17.9. The lowest BCUT2D eigenvalue weighted by atomic mass is 9.65. The van der Waals surface area contributed by atoms with Gasteiger partial charge in [0.15, 0.2) is 11.5 Å². The molecule has 0 spiro atoms. The van der Waals surface area contributed by atoms with Crippen molar-refractivity contribution >= 4 is 17.7 Å². The number of hydrogen-bond acceptors (Lipinski definition) is 3. The molecule has 0 aromatic heterocycles. The van der Waals surface area contributed by atoms with Gasteiger partial charge in [-0.1, -0.05) is 37.1 Å². The Labute approximate surface area is 179 Å². The van der Waals surface area contributed by atoms with E-state index in [1.807, 2.05) is 49.4 Å². The minimum Gasteiger partial charge on any atom is -0.493 e. The van der Waals surface area contributed by atoms with Crippen LogP contribution in [0.2, 0.25) is 0 Å². The summed E-state index contributed by atoms with van der Waals surface area (Å²) in [6.07, 6.45) is 10.2. The first-order chi connectivity index (χ1) is 14.6. The van der Waals surface area contributed by atoms with E-state index >= 15 is 0 Å². The van der Waals surface area contributed by atoms with Gasteiger partial charge in [-0.2, -0.15) is 0 Å². The molecule has 3 saturated carbocycles. The van der Waals surface area contributed by atoms with Gasteiger partial charge in [-0.25, -0.2) is 0 Å². The fraction of sp³-hybridized carbons (Fsp3) is 0.423. The van der Waals surface area contributed by atoms with E-state index in [0.717, 1.165) is 41.0 Å². The lowest BCUT2D eigenvalue weighted by Crippen LogP contribution is -2.34. The Morgan fingerprint density at radius 2 is 1.90 bits per heavy atom. The maximum Gasteiger partial charge on any atom is 0.248 e. The molecular formula is C26H31NO3. The fourth-order valence-corrected chi connectivity index (χ4v) is 4.88. The highest BCUT2D eigenvalue weighted by atomic mass is 16.5. The van der Waals surface area contributed by atoms with E-state index in [9.17, 15) is 4.79 Å². The number of benzene rings is 2. The van der Waals surface area contributed by atoms with Gasteiger partial charge in [0.25, 0.3) is 0 Å². The Bertz CT molecular complexity index is 912. The summed E-state index contributed by atoms with van der Waals surface area (Å²) in [7, 11) is 1.66. The van der Waals surface area contributed by atoms with Crippen LogP contribution in [0.15, 0.2) is 48.5 Å². The van der Waals surface area contributed by atoms with Crippen LogP contribution < -0.4 is 14.8 Å². The number of rotatable bonds is 7. The predicted octanol–water partition coefficient (Wildman–Crippen LogP) is 5.86. The molecule has 2 aromatic rings. The van der Waals surface area contributed by atoms with Crippen LogP contribution in [0.25, 0.3) is 6.08 Å². The summed E-state index contributed by atoms with van der Waals surface area (Å²) >= 11 is 0. The predicted molar refractivity (Wildman–Crippen MR) is 121 cm³/mol. The number of anilines is 1. The van der Waals surface area contributed by atoms with Gasteiger partial charge < -0.3 is 14.8 Å². The van der Waals surface area contributed by atoms with Crippen molar-refractivity contribution in [3.05, 3.63) is 59.7 Å². The van der Waals surface area contributed by atoms with Gasteiger partial charge in [0.1, 0.15) is 0 Å². The van der Waals surface area contributed by atoms with Crippen molar-refractivity contribution in [2.75, 3.05) is 19.0 Å². The summed E-state index contributed by atoms with van der Waals surface area (Å²) < 4.78 is 11.7. The molecule has 0 heterocycles.